The van der Waals surface area contributed by atoms with E-state index in [1.165, 1.54) is 42.5 Å². The molecule has 1 aliphatic rings. The number of carbonyl (C=O) groups is 1. The number of halogens is 3. The van der Waals surface area contributed by atoms with Crippen LogP contribution in [0, 0.1) is 0 Å². The van der Waals surface area contributed by atoms with Crippen LogP contribution in [0.1, 0.15) is 23.6 Å². The average Bonchev–Trinajstić information content (AvgIpc) is 2.59. The van der Waals surface area contributed by atoms with E-state index in [0.717, 1.165) is 11.6 Å². The van der Waals surface area contributed by atoms with Gasteiger partial charge in [-0.25, -0.2) is 0 Å². The van der Waals surface area contributed by atoms with Gasteiger partial charge in [-0.15, -0.1) is 0 Å². The molecule has 7 heteroatoms. The van der Waals surface area contributed by atoms with Crippen molar-refractivity contribution in [3.05, 3.63) is 70.8 Å². The molecule has 0 saturated heterocycles. The number of benzene rings is 2. The fourth-order valence-electron chi connectivity index (χ4n) is 2.94. The van der Waals surface area contributed by atoms with Crippen LogP contribution in [0.2, 0.25) is 0 Å². The Labute approximate surface area is 170 Å². The van der Waals surface area contributed by atoms with E-state index in [9.17, 15) is 23.1 Å². The Morgan fingerprint density at radius 1 is 1.12 bits per heavy atom. The van der Waals surface area contributed by atoms with Gasteiger partial charge in [0, 0.05) is 16.7 Å². The number of carbonyl (C=O) groups excluding carboxylic acids is 1. The number of ether oxygens (including phenoxy) is 1. The van der Waals surface area contributed by atoms with Gasteiger partial charge in [-0.2, -0.15) is 13.2 Å². The van der Waals surface area contributed by atoms with E-state index in [4.69, 9.17) is 4.74 Å². The van der Waals surface area contributed by atoms with Gasteiger partial charge in [-0.05, 0) is 24.1 Å². The third-order valence-corrected chi connectivity index (χ3v) is 4.25. The molecule has 3 nitrogen and oxygen atoms in total. The molecule has 26 heavy (non-hydrogen) atoms. The van der Waals surface area contributed by atoms with Gasteiger partial charge in [-0.3, -0.25) is 0 Å². The number of rotatable bonds is 3. The van der Waals surface area contributed by atoms with Crippen LogP contribution in [0.15, 0.2) is 54.1 Å². The number of aliphatic carboxylic acids is 1. The van der Waals surface area contributed by atoms with Crippen molar-refractivity contribution in [3.63, 3.8) is 0 Å². The maximum atomic E-state index is 14.1. The van der Waals surface area contributed by atoms with Gasteiger partial charge in [-0.1, -0.05) is 49.4 Å². The number of hydrogen-bond donors (Lipinski definition) is 0. The molecule has 1 heterocycles. The van der Waals surface area contributed by atoms with Gasteiger partial charge in [0.2, 0.25) is 0 Å². The molecule has 1 atom stereocenters. The normalized spacial score (nSPS) is 18.8. The molecule has 0 spiro atoms. The first-order valence-corrected chi connectivity index (χ1v) is 7.67. The van der Waals surface area contributed by atoms with Crippen molar-refractivity contribution in [2.45, 2.75) is 25.1 Å². The van der Waals surface area contributed by atoms with E-state index in [-0.39, 0.29) is 46.4 Å². The summed E-state index contributed by atoms with van der Waals surface area (Å²) in [5.74, 6) is -1.96. The number of alkyl halides is 3. The predicted octanol–water partition coefficient (Wildman–Crippen LogP) is 0.236. The van der Waals surface area contributed by atoms with Crippen LogP contribution >= 0.6 is 0 Å². The molecule has 1 unspecified atom stereocenters. The predicted molar refractivity (Wildman–Crippen MR) is 83.6 cm³/mol. The first kappa shape index (κ1) is 20.6. The molecule has 130 valence electrons. The van der Waals surface area contributed by atoms with E-state index >= 15 is 0 Å². The molecule has 0 radical (unpaired) electrons. The minimum Gasteiger partial charge on any atom is -0.545 e. The molecular formula is C19H14F3NaO3. The topological polar surface area (TPSA) is 49.4 Å². The zero-order chi connectivity index (χ0) is 18.2. The molecule has 2 aromatic carbocycles. The molecule has 2 aromatic rings. The zero-order valence-corrected chi connectivity index (χ0v) is 16.3. The Morgan fingerprint density at radius 3 is 2.27 bits per heavy atom. The summed E-state index contributed by atoms with van der Waals surface area (Å²) in [6.07, 6.45) is -3.39. The Hall–Kier alpha value is -1.76. The Balaban J connectivity index is 0.00000243. The smallest absolute Gasteiger partial charge is 0.545 e. The summed E-state index contributed by atoms with van der Waals surface area (Å²) in [4.78, 5) is 11.6. The SMILES string of the molecule is CCc1ccc(C2(C(F)(F)F)Oc3ccccc3C=C2C(=O)[O-])cc1.[Na+]. The van der Waals surface area contributed by atoms with Crippen molar-refractivity contribution >= 4 is 12.0 Å². The molecule has 3 rings (SSSR count). The van der Waals surface area contributed by atoms with E-state index in [2.05, 4.69) is 0 Å². The monoisotopic (exact) mass is 370 g/mol. The second-order valence-corrected chi connectivity index (χ2v) is 5.71. The maximum Gasteiger partial charge on any atom is 1.00 e. The average molecular weight is 370 g/mol. The van der Waals surface area contributed by atoms with Crippen molar-refractivity contribution < 1.29 is 57.4 Å². The van der Waals surface area contributed by atoms with Crippen molar-refractivity contribution in [1.29, 1.82) is 0 Å². The molecule has 0 aromatic heterocycles. The third kappa shape index (κ3) is 3.29. The van der Waals surface area contributed by atoms with Gasteiger partial charge < -0.3 is 14.6 Å². The van der Waals surface area contributed by atoms with E-state index in [1.54, 1.807) is 6.07 Å². The number of hydrogen-bond acceptors (Lipinski definition) is 3. The fraction of sp³-hybridized carbons (Fsp3) is 0.211. The molecule has 0 aliphatic carbocycles. The van der Waals surface area contributed by atoms with Gasteiger partial charge in [0.1, 0.15) is 5.75 Å². The van der Waals surface area contributed by atoms with Crippen LogP contribution in [0.25, 0.3) is 6.08 Å². The maximum absolute atomic E-state index is 14.1. The van der Waals surface area contributed by atoms with Crippen LogP contribution in [-0.4, -0.2) is 12.1 Å². The van der Waals surface area contributed by atoms with E-state index in [1.807, 2.05) is 6.92 Å². The standard InChI is InChI=1S/C19H15F3O3.Na/c1-2-12-7-9-14(10-8-12)18(19(20,21)22)15(17(23)24)11-13-5-3-4-6-16(13)25-18;/h3-11H,2H2,1H3,(H,23,24);/q;+1/p-1. The summed E-state index contributed by atoms with van der Waals surface area (Å²) in [6.45, 7) is 1.87. The van der Waals surface area contributed by atoms with E-state index in [0.29, 0.717) is 6.42 Å². The first-order valence-electron chi connectivity index (χ1n) is 7.67. The zero-order valence-electron chi connectivity index (χ0n) is 14.3. The largest absolute Gasteiger partial charge is 1.00 e. The molecule has 0 amide bonds. The molecule has 0 bridgehead atoms. The van der Waals surface area contributed by atoms with Crippen LogP contribution < -0.4 is 39.4 Å². The quantitative estimate of drug-likeness (QED) is 0.728. The molecule has 1 aliphatic heterocycles. The second kappa shape index (κ2) is 7.47. The van der Waals surface area contributed by atoms with E-state index < -0.39 is 23.3 Å². The number of fused-ring (bicyclic) bond motifs is 1. The summed E-state index contributed by atoms with van der Waals surface area (Å²) in [5.41, 5.74) is -3.31. The third-order valence-electron chi connectivity index (χ3n) is 4.25. The molecule has 0 saturated carbocycles. The summed E-state index contributed by atoms with van der Waals surface area (Å²) >= 11 is 0. The molecule has 0 N–H and O–H groups in total. The molecular weight excluding hydrogens is 356 g/mol. The van der Waals surface area contributed by atoms with Crippen LogP contribution in [-0.2, 0) is 16.8 Å². The van der Waals surface area contributed by atoms with Gasteiger partial charge in [0.25, 0.3) is 5.60 Å². The van der Waals surface area contributed by atoms with Gasteiger partial charge in [0.15, 0.2) is 0 Å². The summed E-state index contributed by atoms with van der Waals surface area (Å²) in [7, 11) is 0. The Morgan fingerprint density at radius 2 is 1.73 bits per heavy atom. The summed E-state index contributed by atoms with van der Waals surface area (Å²) in [5, 5.41) is 11.6. The number of carboxylic acids is 1. The number of aryl methyl sites for hydroxylation is 1. The van der Waals surface area contributed by atoms with Crippen molar-refractivity contribution in [1.82, 2.24) is 0 Å². The minimum absolute atomic E-state index is 0. The molecule has 0 fully saturated rings. The Bertz CT molecular complexity index is 844. The minimum atomic E-state index is -5.00. The van der Waals surface area contributed by atoms with Crippen LogP contribution in [0.5, 0.6) is 5.75 Å². The summed E-state index contributed by atoms with van der Waals surface area (Å²) in [6, 6.07) is 11.5. The van der Waals surface area contributed by atoms with Crippen molar-refractivity contribution in [2.24, 2.45) is 0 Å². The second-order valence-electron chi connectivity index (χ2n) is 5.71. The van der Waals surface area contributed by atoms with Crippen molar-refractivity contribution in [3.8, 4) is 5.75 Å². The van der Waals surface area contributed by atoms with Crippen molar-refractivity contribution in [2.75, 3.05) is 0 Å². The fourth-order valence-corrected chi connectivity index (χ4v) is 2.94. The van der Waals surface area contributed by atoms with Crippen LogP contribution in [0.3, 0.4) is 0 Å². The first-order chi connectivity index (χ1) is 11.8. The van der Waals surface area contributed by atoms with Gasteiger partial charge in [0.05, 0.1) is 5.97 Å². The number of carboxylic acid groups (broad SMARTS) is 1. The number of para-hydroxylation sites is 1. The Kier molecular flexibility index (Phi) is 5.90. The summed E-state index contributed by atoms with van der Waals surface area (Å²) < 4.78 is 47.6. The van der Waals surface area contributed by atoms with Gasteiger partial charge >= 0.3 is 35.7 Å². The van der Waals surface area contributed by atoms with Crippen LogP contribution in [0.4, 0.5) is 13.2 Å².